The molecule has 6 rings (SSSR count). The number of H-pyrrole nitrogens is 1. The molecule has 0 bridgehead atoms. The van der Waals surface area contributed by atoms with E-state index in [1.54, 1.807) is 13.8 Å². The number of hydrogen-bond acceptors (Lipinski definition) is 6. The molecule has 0 saturated carbocycles. The molecule has 8 heteroatoms. The first kappa shape index (κ1) is 23.5. The maximum absolute atomic E-state index is 10.2. The highest BCUT2D eigenvalue weighted by atomic mass is 35.5. The molecular weight excluding hydrogens is 480 g/mol. The summed E-state index contributed by atoms with van der Waals surface area (Å²) in [7, 11) is 0. The Morgan fingerprint density at radius 1 is 0.944 bits per heavy atom. The number of aromatic nitrogens is 2. The van der Waals surface area contributed by atoms with Crippen molar-refractivity contribution in [1.29, 1.82) is 0 Å². The summed E-state index contributed by atoms with van der Waals surface area (Å²) >= 11 is 6.64. The van der Waals surface area contributed by atoms with Crippen molar-refractivity contribution in [3.8, 4) is 28.3 Å². The van der Waals surface area contributed by atoms with Crippen LogP contribution in [0.3, 0.4) is 0 Å². The van der Waals surface area contributed by atoms with Gasteiger partial charge in [-0.25, -0.2) is 0 Å². The molecule has 2 aliphatic heterocycles. The van der Waals surface area contributed by atoms with Crippen molar-refractivity contribution in [2.75, 3.05) is 13.2 Å². The SMILES string of the molecule is CC(C)(O)c1ccc(-c2ccc(-c3cc4nc(O[C@H]5CO[C@@H]6[C@H]5OC[C@H]6O)[nH]c4cc3Cl)cc2)cc1. The van der Waals surface area contributed by atoms with Crippen molar-refractivity contribution in [2.45, 2.75) is 43.9 Å². The average molecular weight is 507 g/mol. The second-order valence-electron chi connectivity index (χ2n) is 9.92. The molecule has 0 unspecified atom stereocenters. The van der Waals surface area contributed by atoms with Crippen LogP contribution >= 0.6 is 11.6 Å². The first-order chi connectivity index (χ1) is 17.3. The number of benzene rings is 3. The summed E-state index contributed by atoms with van der Waals surface area (Å²) in [4.78, 5) is 7.77. The summed E-state index contributed by atoms with van der Waals surface area (Å²) in [6.45, 7) is 4.14. The smallest absolute Gasteiger partial charge is 0.295 e. The highest BCUT2D eigenvalue weighted by Gasteiger charge is 2.48. The van der Waals surface area contributed by atoms with E-state index in [2.05, 4.69) is 22.1 Å². The zero-order valence-corrected chi connectivity index (χ0v) is 20.7. The van der Waals surface area contributed by atoms with Crippen molar-refractivity contribution in [3.05, 3.63) is 71.2 Å². The van der Waals surface area contributed by atoms with E-state index in [4.69, 9.17) is 25.8 Å². The van der Waals surface area contributed by atoms with Gasteiger partial charge in [0, 0.05) is 5.56 Å². The molecule has 186 valence electrons. The van der Waals surface area contributed by atoms with Crippen molar-refractivity contribution in [3.63, 3.8) is 0 Å². The lowest BCUT2D eigenvalue weighted by Gasteiger charge is -2.18. The molecule has 0 spiro atoms. The van der Waals surface area contributed by atoms with Gasteiger partial charge in [0.1, 0.15) is 18.3 Å². The summed E-state index contributed by atoms with van der Waals surface area (Å²) in [6, 6.07) is 20.3. The number of imidazole rings is 1. The Morgan fingerprint density at radius 2 is 1.58 bits per heavy atom. The van der Waals surface area contributed by atoms with Crippen LogP contribution in [0.4, 0.5) is 0 Å². The molecule has 4 aromatic rings. The van der Waals surface area contributed by atoms with Crippen molar-refractivity contribution < 1.29 is 24.4 Å². The van der Waals surface area contributed by atoms with E-state index in [1.165, 1.54) is 0 Å². The lowest BCUT2D eigenvalue weighted by atomic mass is 9.95. The second-order valence-corrected chi connectivity index (χ2v) is 10.3. The Hall–Kier alpha value is -2.94. The second kappa shape index (κ2) is 8.87. The summed E-state index contributed by atoms with van der Waals surface area (Å²) in [5.74, 6) is 0. The molecule has 4 atom stereocenters. The number of aromatic amines is 1. The molecule has 3 N–H and O–H groups in total. The third-order valence-corrected chi connectivity index (χ3v) is 7.23. The van der Waals surface area contributed by atoms with Crippen molar-refractivity contribution >= 4 is 22.6 Å². The van der Waals surface area contributed by atoms with Gasteiger partial charge in [-0.15, -0.1) is 0 Å². The van der Waals surface area contributed by atoms with Crippen molar-refractivity contribution in [2.24, 2.45) is 0 Å². The molecule has 2 fully saturated rings. The number of ether oxygens (including phenoxy) is 3. The molecule has 0 radical (unpaired) electrons. The predicted molar refractivity (Wildman–Crippen MR) is 137 cm³/mol. The highest BCUT2D eigenvalue weighted by Crippen LogP contribution is 2.35. The number of aliphatic hydroxyl groups is 2. The topological polar surface area (TPSA) is 96.8 Å². The van der Waals surface area contributed by atoms with Gasteiger partial charge < -0.3 is 29.4 Å². The third-order valence-electron chi connectivity index (χ3n) is 6.91. The molecule has 2 saturated heterocycles. The largest absolute Gasteiger partial charge is 0.456 e. The van der Waals surface area contributed by atoms with Gasteiger partial charge >= 0.3 is 0 Å². The van der Waals surface area contributed by atoms with Crippen LogP contribution in [0.2, 0.25) is 5.02 Å². The first-order valence-corrected chi connectivity index (χ1v) is 12.3. The number of aliphatic hydroxyl groups excluding tert-OH is 1. The Kier molecular flexibility index (Phi) is 5.78. The van der Waals surface area contributed by atoms with Gasteiger partial charge in [-0.1, -0.05) is 60.1 Å². The quantitative estimate of drug-likeness (QED) is 0.363. The summed E-state index contributed by atoms with van der Waals surface area (Å²) in [6.07, 6.45) is -1.63. The van der Waals surface area contributed by atoms with E-state index in [0.717, 1.165) is 38.9 Å². The third kappa shape index (κ3) is 4.27. The molecule has 1 aromatic heterocycles. The van der Waals surface area contributed by atoms with E-state index < -0.39 is 11.7 Å². The average Bonchev–Trinajstić information content (AvgIpc) is 3.55. The van der Waals surface area contributed by atoms with Crippen LogP contribution in [-0.4, -0.2) is 57.8 Å². The van der Waals surface area contributed by atoms with Crippen LogP contribution in [0.5, 0.6) is 6.01 Å². The molecule has 0 aliphatic carbocycles. The summed E-state index contributed by atoms with van der Waals surface area (Å²) in [5, 5.41) is 20.7. The van der Waals surface area contributed by atoms with Gasteiger partial charge in [-0.2, -0.15) is 4.98 Å². The van der Waals surface area contributed by atoms with Gasteiger partial charge in [0.15, 0.2) is 6.10 Å². The Morgan fingerprint density at radius 3 is 2.28 bits per heavy atom. The van der Waals surface area contributed by atoms with Gasteiger partial charge in [-0.3, -0.25) is 0 Å². The number of rotatable bonds is 5. The fourth-order valence-corrected chi connectivity index (χ4v) is 5.16. The minimum Gasteiger partial charge on any atom is -0.456 e. The fraction of sp³-hybridized carbons (Fsp3) is 0.321. The molecule has 0 amide bonds. The number of hydrogen-bond donors (Lipinski definition) is 3. The number of nitrogens with one attached hydrogen (secondary N) is 1. The molecule has 7 nitrogen and oxygen atoms in total. The fourth-order valence-electron chi connectivity index (χ4n) is 4.89. The normalized spacial score (nSPS) is 23.8. The summed E-state index contributed by atoms with van der Waals surface area (Å²) < 4.78 is 17.3. The van der Waals surface area contributed by atoms with E-state index >= 15 is 0 Å². The molecule has 36 heavy (non-hydrogen) atoms. The number of halogens is 1. The number of nitrogens with zero attached hydrogens (tertiary/aromatic N) is 1. The Balaban J connectivity index is 1.22. The Labute approximate surface area is 213 Å². The van der Waals surface area contributed by atoms with Crippen LogP contribution in [-0.2, 0) is 15.1 Å². The zero-order valence-electron chi connectivity index (χ0n) is 19.9. The lowest BCUT2D eigenvalue weighted by Crippen LogP contribution is -2.34. The number of fused-ring (bicyclic) bond motifs is 2. The maximum Gasteiger partial charge on any atom is 0.295 e. The van der Waals surface area contributed by atoms with Crippen LogP contribution in [0.1, 0.15) is 19.4 Å². The first-order valence-electron chi connectivity index (χ1n) is 12.0. The highest BCUT2D eigenvalue weighted by molar-refractivity contribution is 6.34. The monoisotopic (exact) mass is 506 g/mol. The minimum atomic E-state index is -0.866. The van der Waals surface area contributed by atoms with Crippen LogP contribution < -0.4 is 4.74 Å². The van der Waals surface area contributed by atoms with Gasteiger partial charge in [0.05, 0.1) is 34.9 Å². The van der Waals surface area contributed by atoms with Gasteiger partial charge in [0.2, 0.25) is 0 Å². The molecule has 3 aromatic carbocycles. The van der Waals surface area contributed by atoms with Crippen molar-refractivity contribution in [1.82, 2.24) is 9.97 Å². The van der Waals surface area contributed by atoms with Gasteiger partial charge in [-0.05, 0) is 48.2 Å². The summed E-state index contributed by atoms with van der Waals surface area (Å²) in [5.41, 5.74) is 5.51. The van der Waals surface area contributed by atoms with E-state index in [0.29, 0.717) is 17.6 Å². The van der Waals surface area contributed by atoms with Crippen LogP contribution in [0, 0.1) is 0 Å². The predicted octanol–water partition coefficient (Wildman–Crippen LogP) is 4.68. The minimum absolute atomic E-state index is 0.249. The zero-order chi connectivity index (χ0) is 25.0. The molecule has 2 aliphatic rings. The molecule has 3 heterocycles. The standard InChI is InChI=1S/C28H27ClN2O5/c1-28(2,33)18-9-7-16(8-10-18)15-3-5-17(6-4-15)19-11-21-22(12-20(19)29)31-27(30-21)36-24-14-35-25-23(32)13-34-26(24)25/h3-12,23-26,32-33H,13-14H2,1-2H3,(H,30,31)/t23-,24+,25+,26+/m1/s1. The van der Waals surface area contributed by atoms with Crippen LogP contribution in [0.25, 0.3) is 33.3 Å². The van der Waals surface area contributed by atoms with E-state index in [9.17, 15) is 10.2 Å². The van der Waals surface area contributed by atoms with Gasteiger partial charge in [0.25, 0.3) is 6.01 Å². The van der Waals surface area contributed by atoms with E-state index in [-0.39, 0.29) is 24.9 Å². The Bertz CT molecular complexity index is 1390. The maximum atomic E-state index is 10.2. The van der Waals surface area contributed by atoms with E-state index in [1.807, 2.05) is 48.5 Å². The lowest BCUT2D eigenvalue weighted by molar-refractivity contribution is 0.00706. The molecular formula is C28H27ClN2O5. The van der Waals surface area contributed by atoms with Crippen LogP contribution in [0.15, 0.2) is 60.7 Å².